The van der Waals surface area contributed by atoms with E-state index >= 15 is 0 Å². The number of carbonyl (C=O) groups excluding carboxylic acids is 1. The standard InChI is InChI=1S/C15H13FN4O2/c16-12-3-1-11(2-4-12)14-9-13(19-22-14)15(21)18-6-8-20-7-5-17-10-20/h1-5,7,9-10H,6,8H2,(H,18,21). The van der Waals surface area contributed by atoms with Crippen molar-refractivity contribution in [2.75, 3.05) is 6.54 Å². The zero-order chi connectivity index (χ0) is 15.4. The van der Waals surface area contributed by atoms with Crippen molar-refractivity contribution in [3.8, 4) is 11.3 Å². The van der Waals surface area contributed by atoms with Gasteiger partial charge < -0.3 is 14.4 Å². The van der Waals surface area contributed by atoms with Crippen LogP contribution in [0.25, 0.3) is 11.3 Å². The zero-order valence-corrected chi connectivity index (χ0v) is 11.6. The highest BCUT2D eigenvalue weighted by Gasteiger charge is 2.13. The number of nitrogens with one attached hydrogen (secondary N) is 1. The molecule has 0 fully saturated rings. The van der Waals surface area contributed by atoms with Gasteiger partial charge in [0.2, 0.25) is 0 Å². The molecule has 0 atom stereocenters. The number of benzene rings is 1. The number of imidazole rings is 1. The van der Waals surface area contributed by atoms with E-state index in [1.165, 1.54) is 18.2 Å². The largest absolute Gasteiger partial charge is 0.355 e. The van der Waals surface area contributed by atoms with Crippen molar-refractivity contribution in [2.45, 2.75) is 6.54 Å². The van der Waals surface area contributed by atoms with E-state index in [4.69, 9.17) is 4.52 Å². The van der Waals surface area contributed by atoms with Crippen LogP contribution in [-0.4, -0.2) is 27.2 Å². The Morgan fingerprint density at radius 3 is 2.86 bits per heavy atom. The molecule has 0 saturated carbocycles. The molecule has 2 heterocycles. The van der Waals surface area contributed by atoms with Gasteiger partial charge in [-0.1, -0.05) is 5.16 Å². The van der Waals surface area contributed by atoms with Crippen molar-refractivity contribution in [3.05, 3.63) is 60.6 Å². The average molecular weight is 300 g/mol. The molecule has 3 rings (SSSR count). The second-order valence-corrected chi connectivity index (χ2v) is 4.64. The summed E-state index contributed by atoms with van der Waals surface area (Å²) in [5.41, 5.74) is 0.844. The first-order valence-corrected chi connectivity index (χ1v) is 6.69. The highest BCUT2D eigenvalue weighted by atomic mass is 19.1. The Morgan fingerprint density at radius 2 is 2.14 bits per heavy atom. The molecule has 0 aliphatic heterocycles. The molecule has 1 N–H and O–H groups in total. The third-order valence-electron chi connectivity index (χ3n) is 3.09. The summed E-state index contributed by atoms with van der Waals surface area (Å²) < 4.78 is 19.8. The number of hydrogen-bond acceptors (Lipinski definition) is 4. The predicted octanol–water partition coefficient (Wildman–Crippen LogP) is 2.11. The molecule has 112 valence electrons. The van der Waals surface area contributed by atoms with Crippen molar-refractivity contribution >= 4 is 5.91 Å². The van der Waals surface area contributed by atoms with E-state index in [-0.39, 0.29) is 17.4 Å². The molecular weight excluding hydrogens is 287 g/mol. The monoisotopic (exact) mass is 300 g/mol. The number of carbonyl (C=O) groups is 1. The summed E-state index contributed by atoms with van der Waals surface area (Å²) in [6.45, 7) is 1.07. The van der Waals surface area contributed by atoms with Crippen molar-refractivity contribution in [3.63, 3.8) is 0 Å². The third kappa shape index (κ3) is 3.20. The summed E-state index contributed by atoms with van der Waals surface area (Å²) in [7, 11) is 0. The van der Waals surface area contributed by atoms with Crippen LogP contribution in [0.15, 0.2) is 53.6 Å². The Morgan fingerprint density at radius 1 is 1.32 bits per heavy atom. The average Bonchev–Trinajstić information content (AvgIpc) is 3.19. The fourth-order valence-corrected chi connectivity index (χ4v) is 1.94. The van der Waals surface area contributed by atoms with Gasteiger partial charge in [0.15, 0.2) is 11.5 Å². The molecule has 2 aromatic heterocycles. The highest BCUT2D eigenvalue weighted by Crippen LogP contribution is 2.20. The number of amides is 1. The van der Waals surface area contributed by atoms with Crippen molar-refractivity contribution in [2.24, 2.45) is 0 Å². The van der Waals surface area contributed by atoms with Crippen molar-refractivity contribution in [1.29, 1.82) is 0 Å². The summed E-state index contributed by atoms with van der Waals surface area (Å²) in [5.74, 6) is -0.238. The molecule has 1 aromatic carbocycles. The second kappa shape index (κ2) is 6.21. The predicted molar refractivity (Wildman–Crippen MR) is 76.5 cm³/mol. The van der Waals surface area contributed by atoms with Gasteiger partial charge in [-0.15, -0.1) is 0 Å². The maximum atomic E-state index is 12.9. The molecule has 0 aliphatic carbocycles. The number of nitrogens with zero attached hydrogens (tertiary/aromatic N) is 3. The minimum absolute atomic E-state index is 0.185. The molecule has 1 amide bonds. The number of halogens is 1. The number of aromatic nitrogens is 3. The van der Waals surface area contributed by atoms with Crippen LogP contribution in [0.2, 0.25) is 0 Å². The Bertz CT molecular complexity index is 750. The lowest BCUT2D eigenvalue weighted by molar-refractivity contribution is 0.0943. The summed E-state index contributed by atoms with van der Waals surface area (Å²) in [6, 6.07) is 7.30. The Hall–Kier alpha value is -2.96. The molecule has 0 spiro atoms. The fourth-order valence-electron chi connectivity index (χ4n) is 1.94. The van der Waals surface area contributed by atoms with E-state index in [1.54, 1.807) is 24.7 Å². The number of hydrogen-bond donors (Lipinski definition) is 1. The maximum Gasteiger partial charge on any atom is 0.273 e. The first-order chi connectivity index (χ1) is 10.7. The quantitative estimate of drug-likeness (QED) is 0.783. The summed E-state index contributed by atoms with van der Waals surface area (Å²) in [6.07, 6.45) is 5.16. The van der Waals surface area contributed by atoms with E-state index < -0.39 is 0 Å². The van der Waals surface area contributed by atoms with Gasteiger partial charge in [-0.05, 0) is 24.3 Å². The number of rotatable bonds is 5. The van der Waals surface area contributed by atoms with Crippen LogP contribution in [-0.2, 0) is 6.54 Å². The summed E-state index contributed by atoms with van der Waals surface area (Å²) in [4.78, 5) is 15.9. The van der Waals surface area contributed by atoms with Crippen molar-refractivity contribution in [1.82, 2.24) is 20.0 Å². The first-order valence-electron chi connectivity index (χ1n) is 6.69. The van der Waals surface area contributed by atoms with Crippen LogP contribution in [0, 0.1) is 5.82 Å². The topological polar surface area (TPSA) is 73.0 Å². The fraction of sp³-hybridized carbons (Fsp3) is 0.133. The van der Waals surface area contributed by atoms with Crippen LogP contribution < -0.4 is 5.32 Å². The van der Waals surface area contributed by atoms with Gasteiger partial charge in [-0.2, -0.15) is 0 Å². The molecule has 0 radical (unpaired) electrons. The maximum absolute atomic E-state index is 12.9. The van der Waals surface area contributed by atoms with Crippen LogP contribution in [0.3, 0.4) is 0 Å². The second-order valence-electron chi connectivity index (χ2n) is 4.64. The van der Waals surface area contributed by atoms with Gasteiger partial charge in [-0.25, -0.2) is 9.37 Å². The zero-order valence-electron chi connectivity index (χ0n) is 11.6. The lowest BCUT2D eigenvalue weighted by Gasteiger charge is -2.03. The van der Waals surface area contributed by atoms with Crippen molar-refractivity contribution < 1.29 is 13.7 Å². The molecule has 7 heteroatoms. The van der Waals surface area contributed by atoms with E-state index in [2.05, 4.69) is 15.5 Å². The van der Waals surface area contributed by atoms with Crippen LogP contribution >= 0.6 is 0 Å². The lowest BCUT2D eigenvalue weighted by atomic mass is 10.1. The van der Waals surface area contributed by atoms with Gasteiger partial charge in [0.25, 0.3) is 5.91 Å². The summed E-state index contributed by atoms with van der Waals surface area (Å²) >= 11 is 0. The molecule has 0 saturated heterocycles. The van der Waals surface area contributed by atoms with E-state index in [1.807, 2.05) is 10.8 Å². The molecule has 3 aromatic rings. The molecule has 0 unspecified atom stereocenters. The van der Waals surface area contributed by atoms with Gasteiger partial charge in [0.1, 0.15) is 5.82 Å². The minimum atomic E-state index is -0.333. The van der Waals surface area contributed by atoms with E-state index in [0.717, 1.165) is 0 Å². The van der Waals surface area contributed by atoms with E-state index in [0.29, 0.717) is 24.4 Å². The Balaban J connectivity index is 1.60. The molecule has 0 aliphatic rings. The molecule has 22 heavy (non-hydrogen) atoms. The molecule has 6 nitrogen and oxygen atoms in total. The molecular formula is C15H13FN4O2. The van der Waals surface area contributed by atoms with Gasteiger partial charge in [-0.3, -0.25) is 4.79 Å². The molecule has 0 bridgehead atoms. The minimum Gasteiger partial charge on any atom is -0.355 e. The Kier molecular flexibility index (Phi) is 3.95. The van der Waals surface area contributed by atoms with Gasteiger partial charge in [0, 0.05) is 37.1 Å². The SMILES string of the molecule is O=C(NCCn1ccnc1)c1cc(-c2ccc(F)cc2)on1. The van der Waals surface area contributed by atoms with Gasteiger partial charge >= 0.3 is 0 Å². The van der Waals surface area contributed by atoms with E-state index in [9.17, 15) is 9.18 Å². The van der Waals surface area contributed by atoms with Crippen LogP contribution in [0.4, 0.5) is 4.39 Å². The smallest absolute Gasteiger partial charge is 0.273 e. The third-order valence-corrected chi connectivity index (χ3v) is 3.09. The van der Waals surface area contributed by atoms with Crippen LogP contribution in [0.5, 0.6) is 0 Å². The van der Waals surface area contributed by atoms with Crippen LogP contribution in [0.1, 0.15) is 10.5 Å². The Labute approximate surface area is 125 Å². The first kappa shape index (κ1) is 14.0. The lowest BCUT2D eigenvalue weighted by Crippen LogP contribution is -2.27. The van der Waals surface area contributed by atoms with Gasteiger partial charge in [0.05, 0.1) is 6.33 Å². The summed E-state index contributed by atoms with van der Waals surface area (Å²) in [5, 5.41) is 6.47. The normalized spacial score (nSPS) is 10.6. The highest BCUT2D eigenvalue weighted by molar-refractivity contribution is 5.93.